The van der Waals surface area contributed by atoms with Crippen molar-refractivity contribution in [2.75, 3.05) is 18.4 Å². The summed E-state index contributed by atoms with van der Waals surface area (Å²) in [6.45, 7) is 6.12. The molecular formula is C23H27N3O3. The number of amides is 3. The molecule has 3 amide bonds. The van der Waals surface area contributed by atoms with E-state index in [1.807, 2.05) is 69.3 Å². The first kappa shape index (κ1) is 20.6. The van der Waals surface area contributed by atoms with Gasteiger partial charge in [-0.15, -0.1) is 0 Å². The van der Waals surface area contributed by atoms with Gasteiger partial charge in [0.15, 0.2) is 0 Å². The van der Waals surface area contributed by atoms with E-state index in [0.29, 0.717) is 6.54 Å². The summed E-state index contributed by atoms with van der Waals surface area (Å²) in [5.74, 6) is -1.04. The van der Waals surface area contributed by atoms with Crippen LogP contribution in [0.4, 0.5) is 5.69 Å². The van der Waals surface area contributed by atoms with Gasteiger partial charge in [0.05, 0.1) is 18.5 Å². The Labute approximate surface area is 171 Å². The van der Waals surface area contributed by atoms with Gasteiger partial charge < -0.3 is 15.5 Å². The number of carbonyl (C=O) groups excluding carboxylic acids is 3. The Morgan fingerprint density at radius 2 is 1.83 bits per heavy atom. The van der Waals surface area contributed by atoms with E-state index in [1.54, 1.807) is 4.90 Å². The van der Waals surface area contributed by atoms with Gasteiger partial charge in [0.25, 0.3) is 0 Å². The van der Waals surface area contributed by atoms with Crippen LogP contribution in [0.15, 0.2) is 48.5 Å². The molecule has 0 aliphatic carbocycles. The fourth-order valence-electron chi connectivity index (χ4n) is 3.59. The number of benzene rings is 2. The average molecular weight is 393 g/mol. The molecule has 6 heteroatoms. The second-order valence-electron chi connectivity index (χ2n) is 7.55. The third-order valence-corrected chi connectivity index (χ3v) is 5.58. The second kappa shape index (κ2) is 8.90. The van der Waals surface area contributed by atoms with E-state index in [9.17, 15) is 14.4 Å². The monoisotopic (exact) mass is 393 g/mol. The minimum absolute atomic E-state index is 0.0404. The Bertz CT molecular complexity index is 911. The van der Waals surface area contributed by atoms with E-state index in [-0.39, 0.29) is 36.7 Å². The molecule has 6 nitrogen and oxygen atoms in total. The molecule has 2 aromatic carbocycles. The molecule has 0 aromatic heterocycles. The van der Waals surface area contributed by atoms with Gasteiger partial charge in [0, 0.05) is 18.7 Å². The van der Waals surface area contributed by atoms with E-state index >= 15 is 0 Å². The Morgan fingerprint density at radius 3 is 2.55 bits per heavy atom. The summed E-state index contributed by atoms with van der Waals surface area (Å²) in [6, 6.07) is 15.4. The van der Waals surface area contributed by atoms with Crippen molar-refractivity contribution < 1.29 is 14.4 Å². The number of rotatable bonds is 6. The molecule has 0 spiro atoms. The van der Waals surface area contributed by atoms with Gasteiger partial charge in [-0.2, -0.15) is 0 Å². The Morgan fingerprint density at radius 1 is 1.10 bits per heavy atom. The zero-order valence-electron chi connectivity index (χ0n) is 17.1. The van der Waals surface area contributed by atoms with Crippen molar-refractivity contribution in [3.8, 4) is 0 Å². The Kier molecular flexibility index (Phi) is 6.32. The quantitative estimate of drug-likeness (QED) is 0.792. The van der Waals surface area contributed by atoms with E-state index in [2.05, 4.69) is 10.6 Å². The van der Waals surface area contributed by atoms with Gasteiger partial charge in [-0.05, 0) is 43.5 Å². The summed E-state index contributed by atoms with van der Waals surface area (Å²) < 4.78 is 0. The lowest BCUT2D eigenvalue weighted by molar-refractivity contribution is -0.130. The summed E-state index contributed by atoms with van der Waals surface area (Å²) >= 11 is 0. The van der Waals surface area contributed by atoms with Crippen LogP contribution in [0.3, 0.4) is 0 Å². The Balaban J connectivity index is 1.53. The van der Waals surface area contributed by atoms with Gasteiger partial charge in [-0.3, -0.25) is 14.4 Å². The van der Waals surface area contributed by atoms with Crippen LogP contribution in [0, 0.1) is 19.8 Å². The fraction of sp³-hybridized carbons (Fsp3) is 0.348. The zero-order valence-corrected chi connectivity index (χ0v) is 17.1. The number of hydrogen-bond acceptors (Lipinski definition) is 3. The van der Waals surface area contributed by atoms with Crippen molar-refractivity contribution >= 4 is 23.4 Å². The number of aryl methyl sites for hydroxylation is 1. The molecule has 1 heterocycles. The number of carbonyl (C=O) groups is 3. The van der Waals surface area contributed by atoms with Crippen LogP contribution in [0.25, 0.3) is 0 Å². The van der Waals surface area contributed by atoms with Crippen molar-refractivity contribution in [2.45, 2.75) is 33.2 Å². The molecule has 1 saturated heterocycles. The highest BCUT2D eigenvalue weighted by molar-refractivity contribution is 5.96. The predicted molar refractivity (Wildman–Crippen MR) is 112 cm³/mol. The lowest BCUT2D eigenvalue weighted by Crippen LogP contribution is -2.38. The van der Waals surface area contributed by atoms with Crippen LogP contribution in [0.1, 0.15) is 36.1 Å². The number of anilines is 1. The molecule has 0 saturated carbocycles. The highest BCUT2D eigenvalue weighted by Gasteiger charge is 2.37. The smallest absolute Gasteiger partial charge is 0.243 e. The summed E-state index contributed by atoms with van der Waals surface area (Å²) in [7, 11) is 0. The molecule has 152 valence electrons. The molecule has 1 aliphatic heterocycles. The van der Waals surface area contributed by atoms with E-state index < -0.39 is 5.92 Å². The molecule has 1 fully saturated rings. The first-order chi connectivity index (χ1) is 13.9. The van der Waals surface area contributed by atoms with Crippen molar-refractivity contribution in [3.63, 3.8) is 0 Å². The van der Waals surface area contributed by atoms with Crippen molar-refractivity contribution in [1.29, 1.82) is 0 Å². The maximum atomic E-state index is 12.5. The van der Waals surface area contributed by atoms with Crippen molar-refractivity contribution in [1.82, 2.24) is 10.2 Å². The van der Waals surface area contributed by atoms with Crippen molar-refractivity contribution in [3.05, 3.63) is 65.2 Å². The molecule has 29 heavy (non-hydrogen) atoms. The number of hydrogen-bond donors (Lipinski definition) is 2. The average Bonchev–Trinajstić information content (AvgIpc) is 3.11. The molecule has 2 N–H and O–H groups in total. The van der Waals surface area contributed by atoms with Gasteiger partial charge >= 0.3 is 0 Å². The standard InChI is InChI=1S/C23H27N3O3/c1-15-8-7-11-20(16(15)2)25-21(27)13-24-23(29)19-12-22(28)26(14-19)17(3)18-9-5-4-6-10-18/h4-11,17,19H,12-14H2,1-3H3,(H,24,29)(H,25,27)/t17-,19+/m1/s1. The largest absolute Gasteiger partial charge is 0.347 e. The topological polar surface area (TPSA) is 78.5 Å². The molecular weight excluding hydrogens is 366 g/mol. The van der Waals surface area contributed by atoms with Crippen molar-refractivity contribution in [2.24, 2.45) is 5.92 Å². The molecule has 1 aliphatic rings. The lowest BCUT2D eigenvalue weighted by Gasteiger charge is -2.25. The number of likely N-dealkylation sites (tertiary alicyclic amines) is 1. The first-order valence-electron chi connectivity index (χ1n) is 9.85. The maximum Gasteiger partial charge on any atom is 0.243 e. The minimum atomic E-state index is -0.442. The lowest BCUT2D eigenvalue weighted by atomic mass is 10.1. The van der Waals surface area contributed by atoms with Crippen LogP contribution in [-0.2, 0) is 14.4 Å². The molecule has 0 radical (unpaired) electrons. The highest BCUT2D eigenvalue weighted by Crippen LogP contribution is 2.28. The van der Waals surface area contributed by atoms with Crippen LogP contribution < -0.4 is 10.6 Å². The van der Waals surface area contributed by atoms with E-state index in [1.165, 1.54) is 0 Å². The van der Waals surface area contributed by atoms with Crippen LogP contribution >= 0.6 is 0 Å². The van der Waals surface area contributed by atoms with E-state index in [0.717, 1.165) is 22.4 Å². The normalized spacial score (nSPS) is 17.1. The molecule has 2 atom stereocenters. The summed E-state index contributed by atoms with van der Waals surface area (Å²) in [5.41, 5.74) is 3.86. The van der Waals surface area contributed by atoms with E-state index in [4.69, 9.17) is 0 Å². The minimum Gasteiger partial charge on any atom is -0.347 e. The summed E-state index contributed by atoms with van der Waals surface area (Å²) in [4.78, 5) is 38.9. The van der Waals surface area contributed by atoms with Crippen LogP contribution in [0.5, 0.6) is 0 Å². The molecule has 3 rings (SSSR count). The van der Waals surface area contributed by atoms with Gasteiger partial charge in [0.1, 0.15) is 0 Å². The first-order valence-corrected chi connectivity index (χ1v) is 9.85. The summed E-state index contributed by atoms with van der Waals surface area (Å²) in [5, 5.41) is 5.49. The maximum absolute atomic E-state index is 12.5. The Hall–Kier alpha value is -3.15. The predicted octanol–water partition coefficient (Wildman–Crippen LogP) is 2.97. The number of nitrogens with zero attached hydrogens (tertiary/aromatic N) is 1. The zero-order chi connectivity index (χ0) is 21.0. The molecule has 0 bridgehead atoms. The third kappa shape index (κ3) is 4.83. The van der Waals surface area contributed by atoms with Crippen LogP contribution in [-0.4, -0.2) is 35.7 Å². The van der Waals surface area contributed by atoms with Gasteiger partial charge in [-0.25, -0.2) is 0 Å². The number of nitrogens with one attached hydrogen (secondary N) is 2. The SMILES string of the molecule is Cc1cccc(NC(=O)CNC(=O)[C@H]2CC(=O)N([C@H](C)c3ccccc3)C2)c1C. The highest BCUT2D eigenvalue weighted by atomic mass is 16.2. The second-order valence-corrected chi connectivity index (χ2v) is 7.55. The van der Waals surface area contributed by atoms with Gasteiger partial charge in [-0.1, -0.05) is 42.5 Å². The summed E-state index contributed by atoms with van der Waals surface area (Å²) in [6.07, 6.45) is 0.168. The fourth-order valence-corrected chi connectivity index (χ4v) is 3.59. The third-order valence-electron chi connectivity index (χ3n) is 5.58. The van der Waals surface area contributed by atoms with Crippen LogP contribution in [0.2, 0.25) is 0 Å². The van der Waals surface area contributed by atoms with Gasteiger partial charge in [0.2, 0.25) is 17.7 Å². The molecule has 0 unspecified atom stereocenters. The molecule has 2 aromatic rings.